The summed E-state index contributed by atoms with van der Waals surface area (Å²) in [5.74, 6) is 3.43. The lowest BCUT2D eigenvalue weighted by Gasteiger charge is -2.42. The highest BCUT2D eigenvalue weighted by Gasteiger charge is 2.46. The summed E-state index contributed by atoms with van der Waals surface area (Å²) in [6.45, 7) is 1.61. The highest BCUT2D eigenvalue weighted by atomic mass is 16.1. The van der Waals surface area contributed by atoms with Crippen molar-refractivity contribution in [2.75, 3.05) is 18.0 Å². The van der Waals surface area contributed by atoms with Crippen LogP contribution in [0.2, 0.25) is 0 Å². The van der Waals surface area contributed by atoms with Crippen LogP contribution in [0, 0.1) is 17.8 Å². The Morgan fingerprint density at radius 1 is 1.14 bits per heavy atom. The lowest BCUT2D eigenvalue weighted by molar-refractivity contribution is 0.186. The number of nitrogens with two attached hydrogens (primary N) is 1. The normalized spacial score (nSPS) is 18.7. The molecule has 1 aliphatic heterocycles. The molecular formula is C28H28N6O. The molecule has 4 heterocycles. The van der Waals surface area contributed by atoms with E-state index in [1.807, 2.05) is 36.0 Å². The second-order valence-electron chi connectivity index (χ2n) is 9.93. The van der Waals surface area contributed by atoms with Crippen molar-refractivity contribution in [2.45, 2.75) is 25.3 Å². The zero-order valence-corrected chi connectivity index (χ0v) is 20.0. The second-order valence-corrected chi connectivity index (χ2v) is 9.93. The molecule has 1 spiro atoms. The number of hydrogen-bond donors (Lipinski definition) is 1. The molecule has 1 atom stereocenters. The van der Waals surface area contributed by atoms with Gasteiger partial charge in [0.15, 0.2) is 0 Å². The van der Waals surface area contributed by atoms with Crippen molar-refractivity contribution in [1.82, 2.24) is 19.1 Å². The SMILES string of the molecule is C#Cc1ccc2c(c1)[C@@H](N)C1(CCN(c3ncc(-c4cn(C)c5ncccc45)c(=O)n3C)CC1)C2. The van der Waals surface area contributed by atoms with Crippen molar-refractivity contribution < 1.29 is 0 Å². The Bertz CT molecular complexity index is 1560. The Balaban J connectivity index is 1.27. The number of fused-ring (bicyclic) bond motifs is 2. The Morgan fingerprint density at radius 3 is 2.71 bits per heavy atom. The zero-order chi connectivity index (χ0) is 24.3. The average Bonchev–Trinajstić information content (AvgIpc) is 3.35. The lowest BCUT2D eigenvalue weighted by atomic mass is 9.73. The number of aryl methyl sites for hydroxylation is 1. The van der Waals surface area contributed by atoms with Crippen LogP contribution < -0.4 is 16.2 Å². The zero-order valence-electron chi connectivity index (χ0n) is 20.0. The predicted molar refractivity (Wildman–Crippen MR) is 138 cm³/mol. The van der Waals surface area contributed by atoms with Gasteiger partial charge in [0.25, 0.3) is 5.56 Å². The van der Waals surface area contributed by atoms with Crippen molar-refractivity contribution in [3.8, 4) is 23.5 Å². The van der Waals surface area contributed by atoms with Gasteiger partial charge < -0.3 is 15.2 Å². The number of pyridine rings is 1. The Kier molecular flexibility index (Phi) is 4.83. The summed E-state index contributed by atoms with van der Waals surface area (Å²) in [4.78, 5) is 24.8. The minimum Gasteiger partial charge on any atom is -0.342 e. The molecule has 7 nitrogen and oxygen atoms in total. The number of piperidine rings is 1. The van der Waals surface area contributed by atoms with Crippen molar-refractivity contribution in [2.24, 2.45) is 25.2 Å². The summed E-state index contributed by atoms with van der Waals surface area (Å²) >= 11 is 0. The highest BCUT2D eigenvalue weighted by Crippen LogP contribution is 2.51. The molecule has 1 aliphatic carbocycles. The Hall–Kier alpha value is -3.89. The first kappa shape index (κ1) is 21.6. The molecule has 1 fully saturated rings. The van der Waals surface area contributed by atoms with Gasteiger partial charge in [0.1, 0.15) is 5.65 Å². The van der Waals surface area contributed by atoms with Gasteiger partial charge in [-0.05, 0) is 60.1 Å². The van der Waals surface area contributed by atoms with Crippen LogP contribution >= 0.6 is 0 Å². The molecule has 0 amide bonds. The van der Waals surface area contributed by atoms with E-state index in [0.717, 1.165) is 54.5 Å². The minimum atomic E-state index is -0.0570. The Morgan fingerprint density at radius 2 is 1.94 bits per heavy atom. The second kappa shape index (κ2) is 7.82. The molecule has 2 N–H and O–H groups in total. The molecule has 2 aliphatic rings. The van der Waals surface area contributed by atoms with Crippen LogP contribution in [0.25, 0.3) is 22.2 Å². The van der Waals surface area contributed by atoms with Crippen LogP contribution in [-0.2, 0) is 20.5 Å². The van der Waals surface area contributed by atoms with Crippen molar-refractivity contribution in [1.29, 1.82) is 0 Å². The topological polar surface area (TPSA) is 82.0 Å². The molecule has 0 bridgehead atoms. The van der Waals surface area contributed by atoms with Crippen LogP contribution in [0.1, 0.15) is 35.6 Å². The van der Waals surface area contributed by atoms with E-state index < -0.39 is 0 Å². The fourth-order valence-corrected chi connectivity index (χ4v) is 6.04. The summed E-state index contributed by atoms with van der Waals surface area (Å²) in [6, 6.07) is 10.1. The summed E-state index contributed by atoms with van der Waals surface area (Å²) < 4.78 is 3.61. The van der Waals surface area contributed by atoms with E-state index in [1.54, 1.807) is 24.0 Å². The number of nitrogens with zero attached hydrogens (tertiary/aromatic N) is 5. The first-order valence-corrected chi connectivity index (χ1v) is 12.0. The molecule has 176 valence electrons. The summed E-state index contributed by atoms with van der Waals surface area (Å²) in [6.07, 6.45) is 13.9. The molecule has 6 rings (SSSR count). The number of anilines is 1. The highest BCUT2D eigenvalue weighted by molar-refractivity contribution is 5.93. The number of terminal acetylenes is 1. The van der Waals surface area contributed by atoms with Crippen molar-refractivity contribution >= 4 is 17.0 Å². The number of rotatable bonds is 2. The maximum Gasteiger partial charge on any atom is 0.262 e. The monoisotopic (exact) mass is 464 g/mol. The van der Waals surface area contributed by atoms with Gasteiger partial charge in [0.2, 0.25) is 5.95 Å². The van der Waals surface area contributed by atoms with Crippen LogP contribution in [0.4, 0.5) is 5.95 Å². The summed E-state index contributed by atoms with van der Waals surface area (Å²) in [7, 11) is 3.74. The van der Waals surface area contributed by atoms with Crippen molar-refractivity contribution in [3.63, 3.8) is 0 Å². The quantitative estimate of drug-likeness (QED) is 0.461. The van der Waals surface area contributed by atoms with Crippen LogP contribution in [0.15, 0.2) is 53.7 Å². The molecule has 35 heavy (non-hydrogen) atoms. The van der Waals surface area contributed by atoms with E-state index in [2.05, 4.69) is 27.9 Å². The smallest absolute Gasteiger partial charge is 0.262 e. The first-order valence-electron chi connectivity index (χ1n) is 12.0. The van der Waals surface area contributed by atoms with Gasteiger partial charge in [-0.1, -0.05) is 12.0 Å². The van der Waals surface area contributed by atoms with Gasteiger partial charge >= 0.3 is 0 Å². The first-order chi connectivity index (χ1) is 16.9. The number of benzene rings is 1. The van der Waals surface area contributed by atoms with E-state index in [1.165, 1.54) is 11.1 Å². The third-order valence-electron chi connectivity index (χ3n) is 8.06. The standard InChI is InChI=1S/C28H28N6O/c1-4-18-7-8-19-15-28(24(29)21(19)14-18)9-12-34(13-10-28)27-31-16-22(26(35)33(27)3)23-17-32(2)25-20(23)6-5-11-30-25/h1,5-8,11,14,16-17,24H,9-10,12-13,15,29H2,2-3H3/t24-/m1/s1. The molecule has 3 aromatic heterocycles. The van der Waals surface area contributed by atoms with Gasteiger partial charge in [-0.25, -0.2) is 9.97 Å². The third-order valence-corrected chi connectivity index (χ3v) is 8.06. The van der Waals surface area contributed by atoms with E-state index in [9.17, 15) is 4.79 Å². The van der Waals surface area contributed by atoms with Crippen LogP contribution in [-0.4, -0.2) is 32.2 Å². The molecule has 1 saturated heterocycles. The molecule has 1 aromatic carbocycles. The lowest BCUT2D eigenvalue weighted by Crippen LogP contribution is -2.46. The van der Waals surface area contributed by atoms with E-state index in [4.69, 9.17) is 17.1 Å². The largest absolute Gasteiger partial charge is 0.342 e. The fraction of sp³-hybridized carbons (Fsp3) is 0.321. The van der Waals surface area contributed by atoms with Crippen LogP contribution in [0.5, 0.6) is 0 Å². The molecule has 0 radical (unpaired) electrons. The number of hydrogen-bond acceptors (Lipinski definition) is 5. The summed E-state index contributed by atoms with van der Waals surface area (Å²) in [5.41, 5.74) is 12.4. The van der Waals surface area contributed by atoms with Gasteiger partial charge in [0, 0.05) is 68.3 Å². The average molecular weight is 465 g/mol. The van der Waals surface area contributed by atoms with E-state index in [-0.39, 0.29) is 17.0 Å². The third kappa shape index (κ3) is 3.21. The Labute approximate surface area is 204 Å². The van der Waals surface area contributed by atoms with Gasteiger partial charge in [-0.15, -0.1) is 6.42 Å². The molecule has 0 saturated carbocycles. The number of aromatic nitrogens is 4. The maximum atomic E-state index is 13.4. The van der Waals surface area contributed by atoms with E-state index in [0.29, 0.717) is 11.5 Å². The summed E-state index contributed by atoms with van der Waals surface area (Å²) in [5, 5.41) is 0.948. The van der Waals surface area contributed by atoms with Crippen LogP contribution in [0.3, 0.4) is 0 Å². The molecule has 7 heteroatoms. The predicted octanol–water partition coefficient (Wildman–Crippen LogP) is 3.16. The van der Waals surface area contributed by atoms with E-state index >= 15 is 0 Å². The van der Waals surface area contributed by atoms with Gasteiger partial charge in [-0.3, -0.25) is 9.36 Å². The molecule has 4 aromatic rings. The minimum absolute atomic E-state index is 0.0212. The van der Waals surface area contributed by atoms with Crippen molar-refractivity contribution in [3.05, 3.63) is 76.0 Å². The fourth-order valence-electron chi connectivity index (χ4n) is 6.04. The molecular weight excluding hydrogens is 436 g/mol. The van der Waals surface area contributed by atoms with Gasteiger partial charge in [-0.2, -0.15) is 0 Å². The maximum absolute atomic E-state index is 13.4. The van der Waals surface area contributed by atoms with Gasteiger partial charge in [0.05, 0.1) is 5.56 Å². The molecule has 0 unspecified atom stereocenters.